The number of hydrogen-bond donors (Lipinski definition) is 0. The van der Waals surface area contributed by atoms with Gasteiger partial charge < -0.3 is 18.9 Å². The summed E-state index contributed by atoms with van der Waals surface area (Å²) < 4.78 is 30.1. The average molecular weight is 366 g/mol. The van der Waals surface area contributed by atoms with E-state index in [4.69, 9.17) is 23.7 Å². The molecule has 0 aromatic heterocycles. The van der Waals surface area contributed by atoms with Crippen molar-refractivity contribution < 1.29 is 23.7 Å². The van der Waals surface area contributed by atoms with Crippen molar-refractivity contribution in [1.29, 1.82) is 0 Å². The lowest BCUT2D eigenvalue weighted by Gasteiger charge is -2.52. The fourth-order valence-corrected chi connectivity index (χ4v) is 3.70. The Morgan fingerprint density at radius 1 is 0.815 bits per heavy atom. The summed E-state index contributed by atoms with van der Waals surface area (Å²) in [6.07, 6.45) is 4.45. The third-order valence-corrected chi connectivity index (χ3v) is 4.90. The van der Waals surface area contributed by atoms with E-state index in [-0.39, 0.29) is 0 Å². The van der Waals surface area contributed by atoms with Gasteiger partial charge in [0.25, 0.3) is 0 Å². The molecule has 27 heavy (non-hydrogen) atoms. The average Bonchev–Trinajstić information content (AvgIpc) is 2.68. The summed E-state index contributed by atoms with van der Waals surface area (Å²) in [5, 5.41) is 0. The zero-order chi connectivity index (χ0) is 19.1. The smallest absolute Gasteiger partial charge is 0.248 e. The van der Waals surface area contributed by atoms with Crippen LogP contribution in [0.1, 0.15) is 24.0 Å². The summed E-state index contributed by atoms with van der Waals surface area (Å²) in [7, 11) is 3.25. The lowest BCUT2D eigenvalue weighted by Crippen LogP contribution is -2.54. The molecule has 0 N–H and O–H groups in total. The van der Waals surface area contributed by atoms with Crippen LogP contribution in [0.2, 0.25) is 0 Å². The van der Waals surface area contributed by atoms with E-state index in [1.807, 2.05) is 36.4 Å². The summed E-state index contributed by atoms with van der Waals surface area (Å²) in [4.78, 5) is 0. The lowest BCUT2D eigenvalue weighted by molar-refractivity contribution is -0.355. The first kappa shape index (κ1) is 17.5. The van der Waals surface area contributed by atoms with Gasteiger partial charge in [0.1, 0.15) is 23.0 Å². The van der Waals surface area contributed by atoms with Crippen LogP contribution >= 0.6 is 0 Å². The van der Waals surface area contributed by atoms with Crippen molar-refractivity contribution in [2.75, 3.05) is 14.2 Å². The van der Waals surface area contributed by atoms with Crippen LogP contribution in [0.15, 0.2) is 61.7 Å². The second-order valence-corrected chi connectivity index (χ2v) is 6.52. The van der Waals surface area contributed by atoms with Gasteiger partial charge in [0.05, 0.1) is 25.3 Å². The second-order valence-electron chi connectivity index (χ2n) is 6.52. The van der Waals surface area contributed by atoms with Crippen LogP contribution in [0, 0.1) is 0 Å². The van der Waals surface area contributed by atoms with Crippen molar-refractivity contribution in [3.8, 4) is 23.0 Å². The molecule has 2 atom stereocenters. The van der Waals surface area contributed by atoms with E-state index in [0.717, 1.165) is 11.1 Å². The highest BCUT2D eigenvalue weighted by molar-refractivity contribution is 5.52. The SMILES string of the molecule is C=CC[C@]12Oc3ccc(OC)cc3[C@](CC=C)(Oc3ccc(OC)cc31)O2. The van der Waals surface area contributed by atoms with Crippen LogP contribution in [0.25, 0.3) is 0 Å². The van der Waals surface area contributed by atoms with Crippen LogP contribution in [0.4, 0.5) is 0 Å². The first-order valence-electron chi connectivity index (χ1n) is 8.77. The standard InChI is InChI=1S/C22H22O5/c1-5-11-21-17-13-15(23-3)7-9-19(17)26-22(27-21,12-6-2)18-14-16(24-4)8-10-20(18)25-21/h5-10,13-14H,1-2,11-12H2,3-4H3/t21-,22-/m1/s1. The first-order chi connectivity index (χ1) is 13.1. The molecular weight excluding hydrogens is 344 g/mol. The van der Waals surface area contributed by atoms with Gasteiger partial charge in [0, 0.05) is 12.8 Å². The van der Waals surface area contributed by atoms with Gasteiger partial charge in [-0.25, -0.2) is 0 Å². The molecule has 5 nitrogen and oxygen atoms in total. The predicted molar refractivity (Wildman–Crippen MR) is 101 cm³/mol. The number of benzene rings is 2. The van der Waals surface area contributed by atoms with Crippen LogP contribution < -0.4 is 18.9 Å². The van der Waals surface area contributed by atoms with Crippen LogP contribution in [-0.2, 0) is 16.3 Å². The van der Waals surface area contributed by atoms with Gasteiger partial charge in [0.2, 0.25) is 11.6 Å². The Balaban J connectivity index is 1.97. The van der Waals surface area contributed by atoms with Gasteiger partial charge in [-0.2, -0.15) is 0 Å². The maximum atomic E-state index is 6.53. The fourth-order valence-electron chi connectivity index (χ4n) is 3.70. The summed E-state index contributed by atoms with van der Waals surface area (Å²) in [5.74, 6) is 0.635. The van der Waals surface area contributed by atoms with Crippen molar-refractivity contribution in [2.45, 2.75) is 24.4 Å². The van der Waals surface area contributed by atoms with Crippen LogP contribution in [-0.4, -0.2) is 14.2 Å². The molecule has 0 saturated heterocycles. The Bertz CT molecular complexity index is 832. The quantitative estimate of drug-likeness (QED) is 0.696. The number of methoxy groups -OCH3 is 2. The molecule has 0 aliphatic carbocycles. The van der Waals surface area contributed by atoms with E-state index >= 15 is 0 Å². The molecule has 2 bridgehead atoms. The minimum absolute atomic E-state index is 0.445. The molecule has 0 amide bonds. The van der Waals surface area contributed by atoms with Gasteiger partial charge in [-0.1, -0.05) is 12.2 Å². The van der Waals surface area contributed by atoms with Gasteiger partial charge in [-0.05, 0) is 36.4 Å². The van der Waals surface area contributed by atoms with Crippen LogP contribution in [0.3, 0.4) is 0 Å². The zero-order valence-corrected chi connectivity index (χ0v) is 15.5. The molecule has 0 unspecified atom stereocenters. The number of rotatable bonds is 6. The molecule has 2 heterocycles. The Morgan fingerprint density at radius 3 is 1.63 bits per heavy atom. The Kier molecular flexibility index (Phi) is 4.12. The van der Waals surface area contributed by atoms with E-state index < -0.39 is 11.6 Å². The van der Waals surface area contributed by atoms with Gasteiger partial charge in [0.15, 0.2) is 0 Å². The summed E-state index contributed by atoms with van der Waals surface area (Å²) in [6, 6.07) is 11.2. The summed E-state index contributed by atoms with van der Waals surface area (Å²) in [5.41, 5.74) is 1.53. The molecule has 4 rings (SSSR count). The van der Waals surface area contributed by atoms with Crippen molar-refractivity contribution in [3.63, 3.8) is 0 Å². The predicted octanol–water partition coefficient (Wildman–Crippen LogP) is 4.66. The maximum absolute atomic E-state index is 6.53. The number of hydrogen-bond acceptors (Lipinski definition) is 5. The highest BCUT2D eigenvalue weighted by Crippen LogP contribution is 2.57. The molecule has 0 radical (unpaired) electrons. The molecule has 0 spiro atoms. The minimum Gasteiger partial charge on any atom is -0.497 e. The zero-order valence-electron chi connectivity index (χ0n) is 15.5. The molecular formula is C22H22O5. The van der Waals surface area contributed by atoms with Gasteiger partial charge in [-0.15, -0.1) is 13.2 Å². The molecule has 0 saturated carbocycles. The summed E-state index contributed by atoms with van der Waals surface area (Å²) >= 11 is 0. The second kappa shape index (κ2) is 6.35. The highest BCUT2D eigenvalue weighted by atomic mass is 16.8. The van der Waals surface area contributed by atoms with E-state index in [1.54, 1.807) is 26.4 Å². The topological polar surface area (TPSA) is 46.2 Å². The minimum atomic E-state index is -1.06. The number of fused-ring (bicyclic) bond motifs is 6. The molecule has 140 valence electrons. The fraction of sp³-hybridized carbons (Fsp3) is 0.273. The third-order valence-electron chi connectivity index (χ3n) is 4.90. The van der Waals surface area contributed by atoms with Crippen molar-refractivity contribution in [1.82, 2.24) is 0 Å². The van der Waals surface area contributed by atoms with E-state index in [2.05, 4.69) is 13.2 Å². The highest BCUT2D eigenvalue weighted by Gasteiger charge is 2.57. The maximum Gasteiger partial charge on any atom is 0.248 e. The molecule has 0 fully saturated rings. The molecule has 2 aliphatic heterocycles. The largest absolute Gasteiger partial charge is 0.497 e. The summed E-state index contributed by atoms with van der Waals surface area (Å²) in [6.45, 7) is 7.78. The van der Waals surface area contributed by atoms with Crippen molar-refractivity contribution in [3.05, 3.63) is 72.8 Å². The number of ether oxygens (including phenoxy) is 5. The van der Waals surface area contributed by atoms with E-state index in [1.165, 1.54) is 0 Å². The Morgan fingerprint density at radius 2 is 1.26 bits per heavy atom. The van der Waals surface area contributed by atoms with Crippen molar-refractivity contribution in [2.24, 2.45) is 0 Å². The Hall–Kier alpha value is -2.92. The molecule has 2 aliphatic rings. The molecule has 5 heteroatoms. The van der Waals surface area contributed by atoms with E-state index in [0.29, 0.717) is 35.8 Å². The van der Waals surface area contributed by atoms with Crippen LogP contribution in [0.5, 0.6) is 23.0 Å². The van der Waals surface area contributed by atoms with E-state index in [9.17, 15) is 0 Å². The lowest BCUT2D eigenvalue weighted by atomic mass is 9.91. The van der Waals surface area contributed by atoms with Gasteiger partial charge >= 0.3 is 0 Å². The van der Waals surface area contributed by atoms with Gasteiger partial charge in [-0.3, -0.25) is 4.74 Å². The Labute approximate surface area is 158 Å². The third kappa shape index (κ3) is 2.58. The molecule has 2 aromatic rings. The van der Waals surface area contributed by atoms with Crippen molar-refractivity contribution >= 4 is 0 Å². The first-order valence-corrected chi connectivity index (χ1v) is 8.77. The molecule has 2 aromatic carbocycles. The monoisotopic (exact) mass is 366 g/mol. The normalized spacial score (nSPS) is 24.5.